The Morgan fingerprint density at radius 3 is 2.30 bits per heavy atom. The summed E-state index contributed by atoms with van der Waals surface area (Å²) in [6.07, 6.45) is 2.31. The molecule has 2 bridgehead atoms. The first-order valence-electron chi connectivity index (χ1n) is 8.40. The fourth-order valence-electron chi connectivity index (χ4n) is 3.82. The second kappa shape index (κ2) is 6.85. The molecule has 4 rings (SSSR count). The Hall–Kier alpha value is -1.46. The predicted octanol–water partition coefficient (Wildman–Crippen LogP) is 0.889. The molecule has 146 valence electrons. The molecule has 0 saturated carbocycles. The van der Waals surface area contributed by atoms with Gasteiger partial charge in [-0.05, 0) is 12.1 Å². The summed E-state index contributed by atoms with van der Waals surface area (Å²) >= 11 is 6.82. The normalized spacial score (nSPS) is 30.8. The van der Waals surface area contributed by atoms with Crippen LogP contribution in [0.2, 0.25) is 4.34 Å². The Balaban J connectivity index is 1.44. The summed E-state index contributed by atoms with van der Waals surface area (Å²) in [5.74, 6) is -3.02. The van der Waals surface area contributed by atoms with E-state index in [1.54, 1.807) is 12.2 Å². The number of fused-ring (bicyclic) bond motifs is 2. The van der Waals surface area contributed by atoms with Crippen LogP contribution in [0, 0.1) is 11.8 Å². The maximum atomic E-state index is 12.9. The summed E-state index contributed by atoms with van der Waals surface area (Å²) in [6, 6.07) is 3.00. The van der Waals surface area contributed by atoms with Crippen LogP contribution in [0.4, 0.5) is 0 Å². The SMILES string of the molecule is O=C(O)[C@H]1[C@H](C(=O)N2CCN(S(=O)(=O)c3ccc(Cl)s3)CC2)[C@H]2C=C[C@H]1O2. The Labute approximate surface area is 165 Å². The minimum Gasteiger partial charge on any atom is -0.481 e. The van der Waals surface area contributed by atoms with Crippen LogP contribution in [0.5, 0.6) is 0 Å². The smallest absolute Gasteiger partial charge is 0.310 e. The zero-order chi connectivity index (χ0) is 19.3. The van der Waals surface area contributed by atoms with Gasteiger partial charge in [0.1, 0.15) is 10.1 Å². The highest BCUT2D eigenvalue weighted by Crippen LogP contribution is 2.40. The topological polar surface area (TPSA) is 104 Å². The fraction of sp³-hybridized carbons (Fsp3) is 0.500. The molecule has 0 aromatic carbocycles. The molecule has 0 radical (unpaired) electrons. The van der Waals surface area contributed by atoms with Crippen LogP contribution in [-0.4, -0.2) is 73.0 Å². The van der Waals surface area contributed by atoms with Crippen molar-refractivity contribution in [2.75, 3.05) is 26.2 Å². The van der Waals surface area contributed by atoms with Gasteiger partial charge < -0.3 is 14.7 Å². The van der Waals surface area contributed by atoms with E-state index in [0.29, 0.717) is 4.34 Å². The van der Waals surface area contributed by atoms with E-state index in [4.69, 9.17) is 16.3 Å². The van der Waals surface area contributed by atoms with Crippen molar-refractivity contribution in [1.29, 1.82) is 0 Å². The van der Waals surface area contributed by atoms with Gasteiger partial charge in [0.15, 0.2) is 0 Å². The van der Waals surface area contributed by atoms with E-state index in [1.807, 2.05) is 0 Å². The summed E-state index contributed by atoms with van der Waals surface area (Å²) in [6.45, 7) is 0.722. The standard InChI is InChI=1S/C16H17ClN2O6S2/c17-11-3-4-12(26-11)27(23,24)19-7-5-18(6-8-19)15(20)13-9-1-2-10(25-9)14(13)16(21)22/h1-4,9-10,13-14H,5-8H2,(H,21,22)/t9-,10-,13-,14-/m1/s1. The highest BCUT2D eigenvalue weighted by molar-refractivity contribution is 7.91. The number of carbonyl (C=O) groups excluding carboxylic acids is 1. The summed E-state index contributed by atoms with van der Waals surface area (Å²) < 4.78 is 32.7. The molecule has 8 nitrogen and oxygen atoms in total. The van der Waals surface area contributed by atoms with Crippen molar-refractivity contribution in [3.8, 4) is 0 Å². The van der Waals surface area contributed by atoms with E-state index >= 15 is 0 Å². The first kappa shape index (κ1) is 18.9. The van der Waals surface area contributed by atoms with E-state index in [1.165, 1.54) is 21.3 Å². The number of thiophene rings is 1. The van der Waals surface area contributed by atoms with Crippen molar-refractivity contribution in [1.82, 2.24) is 9.21 Å². The number of carboxylic acids is 1. The molecule has 11 heteroatoms. The lowest BCUT2D eigenvalue weighted by Crippen LogP contribution is -2.54. The molecule has 1 amide bonds. The van der Waals surface area contributed by atoms with Crippen LogP contribution in [0.25, 0.3) is 0 Å². The van der Waals surface area contributed by atoms with Crippen LogP contribution in [0.3, 0.4) is 0 Å². The molecule has 2 fully saturated rings. The van der Waals surface area contributed by atoms with Crippen LogP contribution >= 0.6 is 22.9 Å². The van der Waals surface area contributed by atoms with E-state index in [0.717, 1.165) is 11.3 Å². The van der Waals surface area contributed by atoms with Crippen LogP contribution in [0.15, 0.2) is 28.5 Å². The molecular weight excluding hydrogens is 416 g/mol. The third kappa shape index (κ3) is 3.19. The highest BCUT2D eigenvalue weighted by Gasteiger charge is 2.54. The van der Waals surface area contributed by atoms with Crippen molar-refractivity contribution in [3.05, 3.63) is 28.6 Å². The van der Waals surface area contributed by atoms with Gasteiger partial charge in [-0.1, -0.05) is 23.8 Å². The number of piperazine rings is 1. The molecule has 0 unspecified atom stereocenters. The van der Waals surface area contributed by atoms with Gasteiger partial charge in [0.05, 0.1) is 22.5 Å². The maximum absolute atomic E-state index is 12.9. The van der Waals surface area contributed by atoms with E-state index in [-0.39, 0.29) is 36.3 Å². The lowest BCUT2D eigenvalue weighted by Gasteiger charge is -2.36. The number of hydrogen-bond donors (Lipinski definition) is 1. The summed E-state index contributed by atoms with van der Waals surface area (Å²) in [5, 5.41) is 9.45. The number of hydrogen-bond acceptors (Lipinski definition) is 6. The Morgan fingerprint density at radius 1 is 1.11 bits per heavy atom. The molecule has 1 aromatic heterocycles. The molecule has 2 saturated heterocycles. The molecule has 3 aliphatic rings. The monoisotopic (exact) mass is 432 g/mol. The van der Waals surface area contributed by atoms with Crippen LogP contribution < -0.4 is 0 Å². The number of halogens is 1. The van der Waals surface area contributed by atoms with Gasteiger partial charge in [-0.25, -0.2) is 8.42 Å². The molecule has 4 heterocycles. The zero-order valence-electron chi connectivity index (χ0n) is 14.0. The molecule has 27 heavy (non-hydrogen) atoms. The average molecular weight is 433 g/mol. The average Bonchev–Trinajstić information content (AvgIpc) is 3.36. The van der Waals surface area contributed by atoms with Crippen molar-refractivity contribution >= 4 is 44.8 Å². The number of nitrogens with zero attached hydrogens (tertiary/aromatic N) is 2. The minimum atomic E-state index is -3.64. The zero-order valence-corrected chi connectivity index (χ0v) is 16.4. The first-order valence-corrected chi connectivity index (χ1v) is 11.0. The molecule has 4 atom stereocenters. The summed E-state index contributed by atoms with van der Waals surface area (Å²) in [4.78, 5) is 26.0. The van der Waals surface area contributed by atoms with Gasteiger partial charge in [-0.15, -0.1) is 11.3 Å². The Kier molecular flexibility index (Phi) is 4.79. The number of rotatable bonds is 4. The number of sulfonamides is 1. The Morgan fingerprint density at radius 2 is 1.74 bits per heavy atom. The predicted molar refractivity (Wildman–Crippen MR) is 97.1 cm³/mol. The van der Waals surface area contributed by atoms with E-state index in [2.05, 4.69) is 0 Å². The van der Waals surface area contributed by atoms with Gasteiger partial charge in [-0.2, -0.15) is 4.31 Å². The molecule has 0 aliphatic carbocycles. The minimum absolute atomic E-state index is 0.152. The molecule has 0 spiro atoms. The van der Waals surface area contributed by atoms with E-state index < -0.39 is 40.0 Å². The second-order valence-corrected chi connectivity index (χ2v) is 10.5. The third-order valence-electron chi connectivity index (χ3n) is 5.16. The van der Waals surface area contributed by atoms with Gasteiger partial charge in [0.2, 0.25) is 5.91 Å². The van der Waals surface area contributed by atoms with Crippen LogP contribution in [0.1, 0.15) is 0 Å². The molecule has 1 aromatic rings. The summed E-state index contributed by atoms with van der Waals surface area (Å²) in [5.41, 5.74) is 0. The third-order valence-corrected chi connectivity index (χ3v) is 8.76. The fourth-order valence-corrected chi connectivity index (χ4v) is 6.88. The number of ether oxygens (including phenoxy) is 1. The molecule has 3 aliphatic heterocycles. The summed E-state index contributed by atoms with van der Waals surface area (Å²) in [7, 11) is -3.64. The second-order valence-electron chi connectivity index (χ2n) is 6.63. The number of aliphatic carboxylic acids is 1. The van der Waals surface area contributed by atoms with Crippen molar-refractivity contribution < 1.29 is 27.9 Å². The number of carbonyl (C=O) groups is 2. The maximum Gasteiger partial charge on any atom is 0.310 e. The van der Waals surface area contributed by atoms with Gasteiger partial charge >= 0.3 is 5.97 Å². The number of amides is 1. The molecule has 1 N–H and O–H groups in total. The quantitative estimate of drug-likeness (QED) is 0.708. The van der Waals surface area contributed by atoms with Crippen LogP contribution in [-0.2, 0) is 24.3 Å². The van der Waals surface area contributed by atoms with Gasteiger partial charge in [0, 0.05) is 26.2 Å². The van der Waals surface area contributed by atoms with Crippen molar-refractivity contribution in [2.24, 2.45) is 11.8 Å². The lowest BCUT2D eigenvalue weighted by molar-refractivity contribution is -0.150. The number of carboxylic acid groups (broad SMARTS) is 1. The van der Waals surface area contributed by atoms with Gasteiger partial charge in [-0.3, -0.25) is 9.59 Å². The lowest BCUT2D eigenvalue weighted by atomic mass is 9.82. The first-order chi connectivity index (χ1) is 12.8. The molecular formula is C16H17ClN2O6S2. The highest BCUT2D eigenvalue weighted by atomic mass is 35.5. The largest absolute Gasteiger partial charge is 0.481 e. The Bertz CT molecular complexity index is 906. The van der Waals surface area contributed by atoms with Crippen molar-refractivity contribution in [3.63, 3.8) is 0 Å². The van der Waals surface area contributed by atoms with Crippen molar-refractivity contribution in [2.45, 2.75) is 16.4 Å². The van der Waals surface area contributed by atoms with E-state index in [9.17, 15) is 23.1 Å². The van der Waals surface area contributed by atoms with Gasteiger partial charge in [0.25, 0.3) is 10.0 Å².